The number of rotatable bonds is 8. The number of nitrogens with two attached hydrogens (primary N) is 1. The van der Waals surface area contributed by atoms with Crippen molar-refractivity contribution in [1.82, 2.24) is 9.80 Å². The Morgan fingerprint density at radius 1 is 1.47 bits per heavy atom. The van der Waals surface area contributed by atoms with Crippen LogP contribution in [0.3, 0.4) is 0 Å². The van der Waals surface area contributed by atoms with E-state index in [1.807, 2.05) is 11.8 Å². The van der Waals surface area contributed by atoms with Gasteiger partial charge in [-0.25, -0.2) is 0 Å². The van der Waals surface area contributed by atoms with Gasteiger partial charge in [0.05, 0.1) is 0 Å². The topological polar surface area (TPSA) is 32.5 Å². The molecule has 4 heteroatoms. The Labute approximate surface area is 111 Å². The summed E-state index contributed by atoms with van der Waals surface area (Å²) in [7, 11) is 4.34. The number of likely N-dealkylation sites (tertiary alicyclic amines) is 1. The molecule has 1 rings (SSSR count). The Bertz CT molecular complexity index is 199. The zero-order chi connectivity index (χ0) is 12.7. The average molecular weight is 259 g/mol. The normalized spacial score (nSPS) is 23.5. The lowest BCUT2D eigenvalue weighted by Crippen LogP contribution is -2.47. The molecule has 1 heterocycles. The third kappa shape index (κ3) is 5.16. The zero-order valence-corrected chi connectivity index (χ0v) is 12.5. The van der Waals surface area contributed by atoms with E-state index in [0.29, 0.717) is 6.04 Å². The molecule has 0 bridgehead atoms. The molecular weight excluding hydrogens is 230 g/mol. The molecule has 17 heavy (non-hydrogen) atoms. The molecule has 102 valence electrons. The molecule has 0 aromatic rings. The molecule has 3 nitrogen and oxygen atoms in total. The second-order valence-corrected chi connectivity index (χ2v) is 6.31. The van der Waals surface area contributed by atoms with Crippen LogP contribution in [0.5, 0.6) is 0 Å². The van der Waals surface area contributed by atoms with Gasteiger partial charge in [-0.2, -0.15) is 11.8 Å². The lowest BCUT2D eigenvalue weighted by molar-refractivity contribution is 0.148. The third-order valence-corrected chi connectivity index (χ3v) is 4.32. The molecule has 0 radical (unpaired) electrons. The van der Waals surface area contributed by atoms with Gasteiger partial charge in [0.15, 0.2) is 0 Å². The van der Waals surface area contributed by atoms with Gasteiger partial charge in [-0.3, -0.25) is 4.90 Å². The van der Waals surface area contributed by atoms with Crippen molar-refractivity contribution in [3.63, 3.8) is 0 Å². The maximum Gasteiger partial charge on any atom is 0.0226 e. The van der Waals surface area contributed by atoms with Crippen molar-refractivity contribution in [3.05, 3.63) is 0 Å². The minimum Gasteiger partial charge on any atom is -0.329 e. The van der Waals surface area contributed by atoms with Crippen LogP contribution < -0.4 is 5.73 Å². The summed E-state index contributed by atoms with van der Waals surface area (Å²) in [5.41, 5.74) is 5.97. The zero-order valence-electron chi connectivity index (χ0n) is 11.7. The molecule has 0 aromatic heterocycles. The van der Waals surface area contributed by atoms with Gasteiger partial charge < -0.3 is 10.6 Å². The Morgan fingerprint density at radius 2 is 2.24 bits per heavy atom. The fourth-order valence-corrected chi connectivity index (χ4v) is 3.29. The number of thioether (sulfide) groups is 1. The lowest BCUT2D eigenvalue weighted by Gasteiger charge is -2.33. The summed E-state index contributed by atoms with van der Waals surface area (Å²) >= 11 is 1.94. The summed E-state index contributed by atoms with van der Waals surface area (Å²) in [5.74, 6) is 1.27. The van der Waals surface area contributed by atoms with Gasteiger partial charge in [0.25, 0.3) is 0 Å². The number of likely N-dealkylation sites (N-methyl/N-ethyl adjacent to an activating group) is 1. The van der Waals surface area contributed by atoms with Gasteiger partial charge in [0.2, 0.25) is 0 Å². The van der Waals surface area contributed by atoms with Crippen molar-refractivity contribution in [1.29, 1.82) is 0 Å². The first-order valence-electron chi connectivity index (χ1n) is 6.78. The van der Waals surface area contributed by atoms with Crippen molar-refractivity contribution in [2.24, 2.45) is 5.73 Å². The van der Waals surface area contributed by atoms with E-state index >= 15 is 0 Å². The van der Waals surface area contributed by atoms with Crippen LogP contribution in [-0.4, -0.2) is 67.6 Å². The predicted molar refractivity (Wildman–Crippen MR) is 78.7 cm³/mol. The molecular formula is C13H29N3S. The van der Waals surface area contributed by atoms with Crippen LogP contribution in [0.2, 0.25) is 0 Å². The van der Waals surface area contributed by atoms with Gasteiger partial charge in [0.1, 0.15) is 0 Å². The minimum absolute atomic E-state index is 0.606. The molecule has 0 saturated carbocycles. The van der Waals surface area contributed by atoms with Crippen molar-refractivity contribution in [2.75, 3.05) is 45.7 Å². The van der Waals surface area contributed by atoms with E-state index in [1.54, 1.807) is 0 Å². The third-order valence-electron chi connectivity index (χ3n) is 3.63. The maximum absolute atomic E-state index is 5.97. The molecule has 2 atom stereocenters. The van der Waals surface area contributed by atoms with Crippen LogP contribution in [-0.2, 0) is 0 Å². The number of hydrogen-bond acceptors (Lipinski definition) is 4. The van der Waals surface area contributed by atoms with Crippen molar-refractivity contribution in [3.8, 4) is 0 Å². The number of hydrogen-bond donors (Lipinski definition) is 1. The van der Waals surface area contributed by atoms with Gasteiger partial charge in [-0.1, -0.05) is 0 Å². The van der Waals surface area contributed by atoms with E-state index in [0.717, 1.165) is 12.6 Å². The van der Waals surface area contributed by atoms with E-state index in [1.165, 1.54) is 44.5 Å². The predicted octanol–water partition coefficient (Wildman–Crippen LogP) is 1.48. The molecule has 0 aliphatic carbocycles. The van der Waals surface area contributed by atoms with E-state index in [9.17, 15) is 0 Å². The SMILES string of the molecule is CSCCCC(CN)N1CCCC1CN(C)C. The van der Waals surface area contributed by atoms with Crippen LogP contribution in [0.25, 0.3) is 0 Å². The molecule has 0 amide bonds. The van der Waals surface area contributed by atoms with Crippen LogP contribution in [0.4, 0.5) is 0 Å². The first-order valence-corrected chi connectivity index (χ1v) is 8.18. The Kier molecular flexibility index (Phi) is 7.51. The first kappa shape index (κ1) is 15.3. The van der Waals surface area contributed by atoms with Crippen molar-refractivity contribution < 1.29 is 0 Å². The highest BCUT2D eigenvalue weighted by atomic mass is 32.2. The quantitative estimate of drug-likeness (QED) is 0.669. The fourth-order valence-electron chi connectivity index (χ4n) is 2.84. The van der Waals surface area contributed by atoms with Crippen LogP contribution in [0.15, 0.2) is 0 Å². The Hall–Kier alpha value is 0.230. The lowest BCUT2D eigenvalue weighted by atomic mass is 10.1. The molecule has 2 unspecified atom stereocenters. The van der Waals surface area contributed by atoms with Crippen LogP contribution >= 0.6 is 11.8 Å². The molecule has 0 aromatic carbocycles. The van der Waals surface area contributed by atoms with Crippen molar-refractivity contribution >= 4 is 11.8 Å². The van der Waals surface area contributed by atoms with Gasteiger partial charge in [-0.15, -0.1) is 0 Å². The smallest absolute Gasteiger partial charge is 0.0226 e. The molecule has 1 fully saturated rings. The van der Waals surface area contributed by atoms with E-state index in [-0.39, 0.29) is 0 Å². The number of nitrogens with zero attached hydrogens (tertiary/aromatic N) is 2. The van der Waals surface area contributed by atoms with E-state index < -0.39 is 0 Å². The second kappa shape index (κ2) is 8.35. The summed E-state index contributed by atoms with van der Waals surface area (Å²) in [6, 6.07) is 1.34. The maximum atomic E-state index is 5.97. The summed E-state index contributed by atoms with van der Waals surface area (Å²) in [4.78, 5) is 4.97. The monoisotopic (exact) mass is 259 g/mol. The molecule has 2 N–H and O–H groups in total. The summed E-state index contributed by atoms with van der Waals surface area (Å²) in [6.07, 6.45) is 7.44. The molecule has 1 aliphatic rings. The largest absolute Gasteiger partial charge is 0.329 e. The first-order chi connectivity index (χ1) is 8.19. The Balaban J connectivity index is 2.42. The molecule has 1 aliphatic heterocycles. The van der Waals surface area contributed by atoms with E-state index in [4.69, 9.17) is 5.73 Å². The summed E-state index contributed by atoms with van der Waals surface area (Å²) in [6.45, 7) is 3.25. The van der Waals surface area contributed by atoms with E-state index in [2.05, 4.69) is 30.2 Å². The Morgan fingerprint density at radius 3 is 2.82 bits per heavy atom. The summed E-state index contributed by atoms with van der Waals surface area (Å²) in [5, 5.41) is 0. The van der Waals surface area contributed by atoms with Crippen LogP contribution in [0, 0.1) is 0 Å². The average Bonchev–Trinajstić information content (AvgIpc) is 2.72. The van der Waals surface area contributed by atoms with Gasteiger partial charge in [-0.05, 0) is 58.3 Å². The second-order valence-electron chi connectivity index (χ2n) is 5.32. The molecule has 1 saturated heterocycles. The highest BCUT2D eigenvalue weighted by Gasteiger charge is 2.29. The van der Waals surface area contributed by atoms with Crippen molar-refractivity contribution in [2.45, 2.75) is 37.8 Å². The molecule has 0 spiro atoms. The highest BCUT2D eigenvalue weighted by Crippen LogP contribution is 2.22. The van der Waals surface area contributed by atoms with Gasteiger partial charge >= 0.3 is 0 Å². The standard InChI is InChI=1S/C13H29N3S/c1-15(2)11-13-6-4-8-16(13)12(10-14)7-5-9-17-3/h12-13H,4-11,14H2,1-3H3. The minimum atomic E-state index is 0.606. The van der Waals surface area contributed by atoms with Crippen LogP contribution in [0.1, 0.15) is 25.7 Å². The highest BCUT2D eigenvalue weighted by molar-refractivity contribution is 7.98. The summed E-state index contributed by atoms with van der Waals surface area (Å²) < 4.78 is 0. The fraction of sp³-hybridized carbons (Fsp3) is 1.00. The van der Waals surface area contributed by atoms with Gasteiger partial charge in [0, 0.05) is 25.2 Å².